The number of fused-ring (bicyclic) bond motifs is 1. The molecule has 3 aromatic rings. The highest BCUT2D eigenvalue weighted by Crippen LogP contribution is 2.33. The number of H-pyrrole nitrogens is 1. The van der Waals surface area contributed by atoms with E-state index in [4.69, 9.17) is 9.47 Å². The SMILES string of the molecule is CNC1(C)CC1.O=COC1COC(c2cc(Nc3cc4nccnc4cn3)n[nH]2)C1. The molecule has 0 aromatic carbocycles. The Bertz CT molecular complexity index is 1000. The van der Waals surface area contributed by atoms with Crippen LogP contribution >= 0.6 is 0 Å². The number of nitrogens with one attached hydrogen (secondary N) is 3. The molecule has 2 atom stereocenters. The molecule has 10 heteroatoms. The van der Waals surface area contributed by atoms with Gasteiger partial charge in [0.1, 0.15) is 23.5 Å². The summed E-state index contributed by atoms with van der Waals surface area (Å²) < 4.78 is 10.5. The number of hydrogen-bond acceptors (Lipinski definition) is 9. The lowest BCUT2D eigenvalue weighted by Gasteiger charge is -2.05. The van der Waals surface area contributed by atoms with E-state index in [0.717, 1.165) is 16.7 Å². The number of carbonyl (C=O) groups is 1. The van der Waals surface area contributed by atoms with Crippen molar-refractivity contribution in [3.8, 4) is 0 Å². The second-order valence-corrected chi connectivity index (χ2v) is 7.67. The molecule has 3 N–H and O–H groups in total. The fourth-order valence-electron chi connectivity index (χ4n) is 3.06. The van der Waals surface area contributed by atoms with Crippen LogP contribution in [0.3, 0.4) is 0 Å². The van der Waals surface area contributed by atoms with Gasteiger partial charge in [-0.1, -0.05) is 0 Å². The number of pyridine rings is 1. The Morgan fingerprint density at radius 3 is 2.70 bits per heavy atom. The first-order chi connectivity index (χ1) is 14.6. The standard InChI is InChI=1S/C15H14N6O3.C5H11N/c22-8-24-9-3-13(23-7-9)11-5-15(21-20-11)19-14-4-10-12(6-18-14)17-2-1-16-10;1-5(6-2)3-4-5/h1-2,4-6,8-9,13H,3,7H2,(H2,18,19,20,21);6H,3-4H2,1-2H3. The van der Waals surface area contributed by atoms with E-state index in [9.17, 15) is 4.79 Å². The second-order valence-electron chi connectivity index (χ2n) is 7.67. The number of nitrogens with zero attached hydrogens (tertiary/aromatic N) is 4. The van der Waals surface area contributed by atoms with Crippen molar-refractivity contribution >= 4 is 29.1 Å². The minimum Gasteiger partial charge on any atom is -0.462 e. The maximum atomic E-state index is 10.4. The van der Waals surface area contributed by atoms with Gasteiger partial charge < -0.3 is 20.1 Å². The second kappa shape index (κ2) is 8.72. The fourth-order valence-corrected chi connectivity index (χ4v) is 3.06. The fraction of sp³-hybridized carbons (Fsp3) is 0.450. The molecule has 3 aromatic heterocycles. The minimum atomic E-state index is -0.215. The summed E-state index contributed by atoms with van der Waals surface area (Å²) in [6.45, 7) is 3.08. The monoisotopic (exact) mass is 411 g/mol. The summed E-state index contributed by atoms with van der Waals surface area (Å²) in [6, 6.07) is 3.65. The summed E-state index contributed by atoms with van der Waals surface area (Å²) >= 11 is 0. The van der Waals surface area contributed by atoms with Crippen molar-refractivity contribution in [1.29, 1.82) is 0 Å². The first-order valence-corrected chi connectivity index (χ1v) is 9.87. The maximum Gasteiger partial charge on any atom is 0.293 e. The molecule has 10 nitrogen and oxygen atoms in total. The predicted molar refractivity (Wildman–Crippen MR) is 110 cm³/mol. The molecular weight excluding hydrogens is 386 g/mol. The van der Waals surface area contributed by atoms with Crippen LogP contribution in [0.1, 0.15) is 38.0 Å². The summed E-state index contributed by atoms with van der Waals surface area (Å²) in [5, 5.41) is 13.5. The van der Waals surface area contributed by atoms with Gasteiger partial charge in [-0.05, 0) is 26.8 Å². The van der Waals surface area contributed by atoms with Crippen LogP contribution < -0.4 is 10.6 Å². The van der Waals surface area contributed by atoms with Crippen molar-refractivity contribution in [2.24, 2.45) is 0 Å². The van der Waals surface area contributed by atoms with Crippen LogP contribution in [0, 0.1) is 0 Å². The lowest BCUT2D eigenvalue weighted by Crippen LogP contribution is -2.21. The van der Waals surface area contributed by atoms with Crippen molar-refractivity contribution in [3.63, 3.8) is 0 Å². The topological polar surface area (TPSA) is 127 Å². The minimum absolute atomic E-state index is 0.173. The highest BCUT2D eigenvalue weighted by atomic mass is 16.6. The van der Waals surface area contributed by atoms with Crippen LogP contribution in [-0.2, 0) is 14.3 Å². The number of aromatic amines is 1. The molecule has 1 saturated heterocycles. The molecule has 30 heavy (non-hydrogen) atoms. The van der Waals surface area contributed by atoms with Crippen LogP contribution in [0.5, 0.6) is 0 Å². The third-order valence-electron chi connectivity index (χ3n) is 5.37. The number of ether oxygens (including phenoxy) is 2. The zero-order valence-corrected chi connectivity index (χ0v) is 17.0. The summed E-state index contributed by atoms with van der Waals surface area (Å²) in [4.78, 5) is 23.1. The van der Waals surface area contributed by atoms with Crippen molar-refractivity contribution < 1.29 is 14.3 Å². The lowest BCUT2D eigenvalue weighted by molar-refractivity contribution is -0.133. The highest BCUT2D eigenvalue weighted by molar-refractivity contribution is 5.76. The van der Waals surface area contributed by atoms with Crippen molar-refractivity contribution in [1.82, 2.24) is 30.5 Å². The number of carbonyl (C=O) groups excluding carboxylic acids is 1. The summed E-state index contributed by atoms with van der Waals surface area (Å²) in [5.74, 6) is 1.24. The van der Waals surface area contributed by atoms with Gasteiger partial charge in [-0.15, -0.1) is 0 Å². The first-order valence-electron chi connectivity index (χ1n) is 9.87. The van der Waals surface area contributed by atoms with Crippen LogP contribution in [-0.4, -0.2) is 56.9 Å². The molecule has 2 aliphatic rings. The smallest absolute Gasteiger partial charge is 0.293 e. The van der Waals surface area contributed by atoms with Gasteiger partial charge >= 0.3 is 0 Å². The summed E-state index contributed by atoms with van der Waals surface area (Å²) in [5.41, 5.74) is 2.83. The maximum absolute atomic E-state index is 10.4. The third-order valence-corrected chi connectivity index (χ3v) is 5.37. The van der Waals surface area contributed by atoms with E-state index in [0.29, 0.717) is 36.7 Å². The zero-order valence-electron chi connectivity index (χ0n) is 17.0. The van der Waals surface area contributed by atoms with E-state index >= 15 is 0 Å². The summed E-state index contributed by atoms with van der Waals surface area (Å²) in [7, 11) is 2.02. The largest absolute Gasteiger partial charge is 0.462 e. The van der Waals surface area contributed by atoms with Gasteiger partial charge in [0.2, 0.25) is 0 Å². The Balaban J connectivity index is 0.000000313. The van der Waals surface area contributed by atoms with Crippen molar-refractivity contribution in [3.05, 3.63) is 36.4 Å². The van der Waals surface area contributed by atoms with E-state index < -0.39 is 0 Å². The average Bonchev–Trinajstić information content (AvgIpc) is 3.14. The van der Waals surface area contributed by atoms with Crippen LogP contribution in [0.4, 0.5) is 11.6 Å². The molecule has 5 rings (SSSR count). The van der Waals surface area contributed by atoms with Gasteiger partial charge in [0.15, 0.2) is 5.82 Å². The molecule has 1 aliphatic heterocycles. The van der Waals surface area contributed by atoms with Gasteiger partial charge in [-0.3, -0.25) is 19.9 Å². The van der Waals surface area contributed by atoms with Crippen molar-refractivity contribution in [2.75, 3.05) is 19.0 Å². The van der Waals surface area contributed by atoms with Gasteiger partial charge in [-0.25, -0.2) is 4.98 Å². The molecule has 0 bridgehead atoms. The van der Waals surface area contributed by atoms with Gasteiger partial charge in [-0.2, -0.15) is 5.10 Å². The normalized spacial score (nSPS) is 21.5. The molecule has 0 radical (unpaired) electrons. The van der Waals surface area contributed by atoms with Crippen LogP contribution in [0.2, 0.25) is 0 Å². The third kappa shape index (κ3) is 4.89. The van der Waals surface area contributed by atoms with Crippen LogP contribution in [0.25, 0.3) is 11.0 Å². The molecule has 0 amide bonds. The zero-order chi connectivity index (χ0) is 21.0. The first kappa shape index (κ1) is 20.2. The van der Waals surface area contributed by atoms with Crippen molar-refractivity contribution in [2.45, 2.75) is 43.9 Å². The van der Waals surface area contributed by atoms with Gasteiger partial charge in [0.05, 0.1) is 24.0 Å². The number of aromatic nitrogens is 5. The molecule has 158 valence electrons. The Morgan fingerprint density at radius 2 is 2.00 bits per heavy atom. The Labute approximate surface area is 173 Å². The summed E-state index contributed by atoms with van der Waals surface area (Å²) in [6.07, 6.45) is 7.85. The molecule has 2 unspecified atom stereocenters. The van der Waals surface area contributed by atoms with E-state index in [2.05, 4.69) is 42.7 Å². The van der Waals surface area contributed by atoms with Gasteiger partial charge in [0, 0.05) is 36.5 Å². The Hall–Kier alpha value is -3.11. The number of anilines is 2. The van der Waals surface area contributed by atoms with Gasteiger partial charge in [0.25, 0.3) is 6.47 Å². The Morgan fingerprint density at radius 1 is 1.20 bits per heavy atom. The quantitative estimate of drug-likeness (QED) is 0.523. The molecule has 1 aliphatic carbocycles. The number of rotatable bonds is 6. The molecule has 1 saturated carbocycles. The lowest BCUT2D eigenvalue weighted by atomic mass is 10.1. The van der Waals surface area contributed by atoms with E-state index in [-0.39, 0.29) is 12.2 Å². The molecular formula is C20H25N7O3. The average molecular weight is 411 g/mol. The van der Waals surface area contributed by atoms with E-state index in [1.165, 1.54) is 12.8 Å². The van der Waals surface area contributed by atoms with E-state index in [1.807, 2.05) is 13.1 Å². The molecule has 2 fully saturated rings. The molecule has 0 spiro atoms. The molecule has 4 heterocycles. The van der Waals surface area contributed by atoms with E-state index in [1.54, 1.807) is 24.7 Å². The van der Waals surface area contributed by atoms with Crippen LogP contribution in [0.15, 0.2) is 30.7 Å². The Kier molecular flexibility index (Phi) is 5.86. The number of hydrogen-bond donors (Lipinski definition) is 3. The highest BCUT2D eigenvalue weighted by Gasteiger charge is 2.34. The predicted octanol–water partition coefficient (Wildman–Crippen LogP) is 2.25.